The number of nitrogens with zero attached hydrogens (tertiary/aromatic N) is 1. The molecule has 0 spiro atoms. The zero-order valence-corrected chi connectivity index (χ0v) is 13.6. The highest BCUT2D eigenvalue weighted by atomic mass is 32.2. The minimum Gasteiger partial charge on any atom is -0.317 e. The van der Waals surface area contributed by atoms with Crippen molar-refractivity contribution in [3.63, 3.8) is 0 Å². The second-order valence-corrected chi connectivity index (χ2v) is 8.05. The van der Waals surface area contributed by atoms with Crippen LogP contribution in [0.3, 0.4) is 0 Å². The molecule has 0 amide bonds. The maximum atomic E-state index is 12.3. The summed E-state index contributed by atoms with van der Waals surface area (Å²) in [4.78, 5) is 0. The van der Waals surface area contributed by atoms with Gasteiger partial charge in [-0.3, -0.25) is 0 Å². The molecule has 1 aliphatic heterocycles. The van der Waals surface area contributed by atoms with Gasteiger partial charge in [0.05, 0.1) is 5.75 Å². The highest BCUT2D eigenvalue weighted by Gasteiger charge is 2.20. The lowest BCUT2D eigenvalue weighted by Gasteiger charge is -2.25. The average Bonchev–Trinajstić information content (AvgIpc) is 2.52. The molecular weight excluding hydrogens is 284 g/mol. The largest absolute Gasteiger partial charge is 0.317 e. The number of nitrogens with one attached hydrogen (secondary N) is 1. The fourth-order valence-electron chi connectivity index (χ4n) is 2.72. The van der Waals surface area contributed by atoms with Gasteiger partial charge in [-0.1, -0.05) is 30.3 Å². The van der Waals surface area contributed by atoms with Gasteiger partial charge >= 0.3 is 0 Å². The number of rotatable bonds is 7. The zero-order valence-electron chi connectivity index (χ0n) is 12.8. The summed E-state index contributed by atoms with van der Waals surface area (Å²) < 4.78 is 26.1. The van der Waals surface area contributed by atoms with Crippen molar-refractivity contribution in [1.29, 1.82) is 0 Å². The van der Waals surface area contributed by atoms with E-state index in [2.05, 4.69) is 5.32 Å². The molecule has 0 saturated carbocycles. The highest BCUT2D eigenvalue weighted by Crippen LogP contribution is 2.17. The van der Waals surface area contributed by atoms with E-state index in [1.807, 2.05) is 30.3 Å². The maximum Gasteiger partial charge on any atom is 0.214 e. The predicted molar refractivity (Wildman–Crippen MR) is 86.8 cm³/mol. The Morgan fingerprint density at radius 1 is 1.19 bits per heavy atom. The molecule has 0 aliphatic carbocycles. The molecule has 0 radical (unpaired) electrons. The molecule has 118 valence electrons. The first-order chi connectivity index (χ1) is 10.1. The van der Waals surface area contributed by atoms with Gasteiger partial charge in [-0.15, -0.1) is 0 Å². The van der Waals surface area contributed by atoms with Gasteiger partial charge in [0.25, 0.3) is 0 Å². The second-order valence-electron chi connectivity index (χ2n) is 5.86. The van der Waals surface area contributed by atoms with Gasteiger partial charge in [0.2, 0.25) is 10.0 Å². The smallest absolute Gasteiger partial charge is 0.214 e. The summed E-state index contributed by atoms with van der Waals surface area (Å²) in [5.74, 6) is 0.859. The normalized spacial score (nSPS) is 17.2. The van der Waals surface area contributed by atoms with Crippen LogP contribution in [-0.4, -0.2) is 45.2 Å². The number of benzene rings is 1. The third-order valence-electron chi connectivity index (χ3n) is 4.28. The first-order valence-corrected chi connectivity index (χ1v) is 9.37. The fourth-order valence-corrected chi connectivity index (χ4v) is 3.91. The Balaban J connectivity index is 1.78. The minimum atomic E-state index is -3.14. The Kier molecular flexibility index (Phi) is 6.21. The summed E-state index contributed by atoms with van der Waals surface area (Å²) in [6, 6.07) is 9.80. The first kappa shape index (κ1) is 16.5. The van der Waals surface area contributed by atoms with Gasteiger partial charge < -0.3 is 5.32 Å². The van der Waals surface area contributed by atoms with E-state index in [9.17, 15) is 8.42 Å². The zero-order chi connectivity index (χ0) is 15.1. The standard InChI is InChI=1S/C16H26N2O2S/c1-18(13-9-16-7-11-17-12-8-16)21(19,20)14-10-15-5-3-2-4-6-15/h2-6,16-17H,7-14H2,1H3. The van der Waals surface area contributed by atoms with Gasteiger partial charge in [0.15, 0.2) is 0 Å². The van der Waals surface area contributed by atoms with Crippen molar-refractivity contribution < 1.29 is 8.42 Å². The van der Waals surface area contributed by atoms with Crippen LogP contribution in [0.25, 0.3) is 0 Å². The third kappa shape index (κ3) is 5.41. The number of hydrogen-bond donors (Lipinski definition) is 1. The van der Waals surface area contributed by atoms with E-state index < -0.39 is 10.0 Å². The minimum absolute atomic E-state index is 0.194. The molecular formula is C16H26N2O2S. The quantitative estimate of drug-likeness (QED) is 0.836. The molecule has 0 atom stereocenters. The van der Waals surface area contributed by atoms with Crippen LogP contribution in [-0.2, 0) is 16.4 Å². The Hall–Kier alpha value is -0.910. The molecule has 1 heterocycles. The Bertz CT molecular complexity index is 510. The van der Waals surface area contributed by atoms with Crippen molar-refractivity contribution in [2.45, 2.75) is 25.7 Å². The second kappa shape index (κ2) is 7.92. The Morgan fingerprint density at radius 2 is 1.86 bits per heavy atom. The van der Waals surface area contributed by atoms with Crippen LogP contribution in [0.15, 0.2) is 30.3 Å². The lowest BCUT2D eigenvalue weighted by molar-refractivity contribution is 0.326. The predicted octanol–water partition coefficient (Wildman–Crippen LogP) is 1.88. The van der Waals surface area contributed by atoms with Crippen molar-refractivity contribution in [1.82, 2.24) is 9.62 Å². The van der Waals surface area contributed by atoms with Gasteiger partial charge in [-0.2, -0.15) is 0 Å². The molecule has 21 heavy (non-hydrogen) atoms. The summed E-state index contributed by atoms with van der Waals surface area (Å²) >= 11 is 0. The molecule has 1 saturated heterocycles. The van der Waals surface area contributed by atoms with E-state index in [1.165, 1.54) is 4.31 Å². The van der Waals surface area contributed by atoms with Crippen LogP contribution in [0.2, 0.25) is 0 Å². The van der Waals surface area contributed by atoms with E-state index in [4.69, 9.17) is 0 Å². The van der Waals surface area contributed by atoms with Gasteiger partial charge in [0.1, 0.15) is 0 Å². The number of piperidine rings is 1. The molecule has 1 N–H and O–H groups in total. The summed E-state index contributed by atoms with van der Waals surface area (Å²) in [5, 5.41) is 3.34. The Labute approximate surface area is 128 Å². The van der Waals surface area contributed by atoms with Crippen molar-refractivity contribution in [3.8, 4) is 0 Å². The van der Waals surface area contributed by atoms with Gasteiger partial charge in [-0.05, 0) is 50.3 Å². The summed E-state index contributed by atoms with van der Waals surface area (Å²) in [6.07, 6.45) is 3.89. The average molecular weight is 310 g/mol. The summed E-state index contributed by atoms with van der Waals surface area (Å²) in [6.45, 7) is 2.77. The molecule has 1 aromatic rings. The van der Waals surface area contributed by atoms with Crippen molar-refractivity contribution in [2.24, 2.45) is 5.92 Å². The lowest BCUT2D eigenvalue weighted by Crippen LogP contribution is -2.34. The SMILES string of the molecule is CN(CCC1CCNCC1)S(=O)(=O)CCc1ccccc1. The molecule has 0 unspecified atom stereocenters. The highest BCUT2D eigenvalue weighted by molar-refractivity contribution is 7.89. The fraction of sp³-hybridized carbons (Fsp3) is 0.625. The number of hydrogen-bond acceptors (Lipinski definition) is 3. The monoisotopic (exact) mass is 310 g/mol. The van der Waals surface area contributed by atoms with E-state index in [0.717, 1.165) is 37.9 Å². The molecule has 1 aromatic carbocycles. The van der Waals surface area contributed by atoms with E-state index >= 15 is 0 Å². The summed E-state index contributed by atoms with van der Waals surface area (Å²) in [5.41, 5.74) is 1.08. The van der Waals surface area contributed by atoms with E-state index in [0.29, 0.717) is 18.9 Å². The molecule has 5 heteroatoms. The third-order valence-corrected chi connectivity index (χ3v) is 6.13. The molecule has 4 nitrogen and oxygen atoms in total. The lowest BCUT2D eigenvalue weighted by atomic mass is 9.95. The molecule has 0 bridgehead atoms. The summed E-state index contributed by atoms with van der Waals surface area (Å²) in [7, 11) is -1.43. The van der Waals surface area contributed by atoms with Crippen LogP contribution < -0.4 is 5.32 Å². The topological polar surface area (TPSA) is 49.4 Å². The molecule has 0 aromatic heterocycles. The van der Waals surface area contributed by atoms with Crippen LogP contribution >= 0.6 is 0 Å². The molecule has 1 aliphatic rings. The number of aryl methyl sites for hydroxylation is 1. The van der Waals surface area contributed by atoms with Gasteiger partial charge in [0, 0.05) is 13.6 Å². The van der Waals surface area contributed by atoms with Gasteiger partial charge in [-0.25, -0.2) is 12.7 Å². The maximum absolute atomic E-state index is 12.3. The van der Waals surface area contributed by atoms with Crippen molar-refractivity contribution in [2.75, 3.05) is 32.4 Å². The van der Waals surface area contributed by atoms with E-state index in [-0.39, 0.29) is 5.75 Å². The van der Waals surface area contributed by atoms with Crippen LogP contribution in [0.5, 0.6) is 0 Å². The molecule has 1 fully saturated rings. The van der Waals surface area contributed by atoms with Crippen LogP contribution in [0, 0.1) is 5.92 Å². The van der Waals surface area contributed by atoms with Crippen molar-refractivity contribution >= 4 is 10.0 Å². The van der Waals surface area contributed by atoms with Crippen molar-refractivity contribution in [3.05, 3.63) is 35.9 Å². The number of sulfonamides is 1. The van der Waals surface area contributed by atoms with E-state index in [1.54, 1.807) is 7.05 Å². The van der Waals surface area contributed by atoms with Crippen LogP contribution in [0.4, 0.5) is 0 Å². The first-order valence-electron chi connectivity index (χ1n) is 7.76. The Morgan fingerprint density at radius 3 is 2.52 bits per heavy atom. The molecule has 2 rings (SSSR count). The van der Waals surface area contributed by atoms with Crippen LogP contribution in [0.1, 0.15) is 24.8 Å².